The van der Waals surface area contributed by atoms with E-state index in [4.69, 9.17) is 11.6 Å². The number of hydrogen-bond acceptors (Lipinski definition) is 2. The molecular weight excluding hydrogens is 330 g/mol. The van der Waals surface area contributed by atoms with Gasteiger partial charge in [-0.25, -0.2) is 0 Å². The van der Waals surface area contributed by atoms with E-state index in [0.717, 1.165) is 17.9 Å². The van der Waals surface area contributed by atoms with E-state index in [1.807, 2.05) is 17.4 Å². The number of hydrogen-bond donors (Lipinski definition) is 0. The van der Waals surface area contributed by atoms with E-state index in [1.54, 1.807) is 12.4 Å². The van der Waals surface area contributed by atoms with Crippen molar-refractivity contribution in [3.8, 4) is 0 Å². The Morgan fingerprint density at radius 2 is 2.28 bits per heavy atom. The number of rotatable bonds is 6. The monoisotopic (exact) mass is 343 g/mol. The highest BCUT2D eigenvalue weighted by atomic mass is 79.9. The first kappa shape index (κ1) is 14.0. The molecule has 0 aliphatic heterocycles. The van der Waals surface area contributed by atoms with Gasteiger partial charge in [0.2, 0.25) is 0 Å². The summed E-state index contributed by atoms with van der Waals surface area (Å²) in [5.41, 5.74) is 1.17. The Morgan fingerprint density at radius 1 is 1.39 bits per heavy atom. The first-order valence-corrected chi connectivity index (χ1v) is 8.18. The standard InChI is InChI=1S/C14H15BrClNS/c15-12(3-1-4-13-5-2-8-18-13)9-11-6-7-17-10-14(11)16/h2,5-8,10,12H,1,3-4,9H2. The number of nitrogens with zero attached hydrogens (tertiary/aromatic N) is 1. The molecule has 1 atom stereocenters. The molecule has 0 saturated carbocycles. The van der Waals surface area contributed by atoms with Crippen LogP contribution in [0, 0.1) is 0 Å². The minimum absolute atomic E-state index is 0.484. The van der Waals surface area contributed by atoms with Crippen molar-refractivity contribution in [1.29, 1.82) is 0 Å². The van der Waals surface area contributed by atoms with Crippen LogP contribution in [0.5, 0.6) is 0 Å². The Kier molecular flexibility index (Phi) is 5.67. The second-order valence-corrected chi connectivity index (χ2v) is 6.97. The lowest BCUT2D eigenvalue weighted by Crippen LogP contribution is -2.04. The number of alkyl halides is 1. The van der Waals surface area contributed by atoms with Gasteiger partial charge in [-0.15, -0.1) is 11.3 Å². The highest BCUT2D eigenvalue weighted by molar-refractivity contribution is 9.09. The van der Waals surface area contributed by atoms with Crippen molar-refractivity contribution in [3.63, 3.8) is 0 Å². The fraction of sp³-hybridized carbons (Fsp3) is 0.357. The van der Waals surface area contributed by atoms with Crippen molar-refractivity contribution in [3.05, 3.63) is 51.4 Å². The van der Waals surface area contributed by atoms with Gasteiger partial charge in [0, 0.05) is 22.1 Å². The molecule has 0 radical (unpaired) electrons. The molecule has 0 fully saturated rings. The molecule has 0 saturated heterocycles. The lowest BCUT2D eigenvalue weighted by molar-refractivity contribution is 0.704. The van der Waals surface area contributed by atoms with Gasteiger partial charge < -0.3 is 0 Å². The number of thiophene rings is 1. The molecule has 0 aliphatic rings. The summed E-state index contributed by atoms with van der Waals surface area (Å²) in [7, 11) is 0. The van der Waals surface area contributed by atoms with Gasteiger partial charge >= 0.3 is 0 Å². The number of halogens is 2. The van der Waals surface area contributed by atoms with Crippen molar-refractivity contribution in [2.45, 2.75) is 30.5 Å². The first-order chi connectivity index (χ1) is 8.75. The molecule has 1 unspecified atom stereocenters. The third-order valence-corrected chi connectivity index (χ3v) is 4.88. The van der Waals surface area contributed by atoms with Crippen LogP contribution in [0.25, 0.3) is 0 Å². The summed E-state index contributed by atoms with van der Waals surface area (Å²) in [6, 6.07) is 6.31. The van der Waals surface area contributed by atoms with Crippen LogP contribution < -0.4 is 0 Å². The summed E-state index contributed by atoms with van der Waals surface area (Å²) >= 11 is 11.7. The minimum Gasteiger partial charge on any atom is -0.263 e. The molecule has 2 aromatic heterocycles. The fourth-order valence-corrected chi connectivity index (χ4v) is 3.48. The Hall–Kier alpha value is -0.380. The third-order valence-electron chi connectivity index (χ3n) is 2.82. The maximum absolute atomic E-state index is 6.10. The second-order valence-electron chi connectivity index (χ2n) is 4.24. The van der Waals surface area contributed by atoms with E-state index in [1.165, 1.54) is 23.3 Å². The van der Waals surface area contributed by atoms with Crippen LogP contribution in [0.1, 0.15) is 23.3 Å². The quantitative estimate of drug-likeness (QED) is 0.662. The summed E-state index contributed by atoms with van der Waals surface area (Å²) in [5, 5.41) is 2.90. The van der Waals surface area contributed by atoms with Crippen molar-refractivity contribution in [2.75, 3.05) is 0 Å². The molecule has 0 amide bonds. The van der Waals surface area contributed by atoms with Crippen LogP contribution >= 0.6 is 38.9 Å². The minimum atomic E-state index is 0.484. The molecule has 0 aliphatic carbocycles. The van der Waals surface area contributed by atoms with E-state index in [9.17, 15) is 0 Å². The van der Waals surface area contributed by atoms with E-state index in [2.05, 4.69) is 38.4 Å². The van der Waals surface area contributed by atoms with Crippen molar-refractivity contribution in [1.82, 2.24) is 4.98 Å². The highest BCUT2D eigenvalue weighted by Gasteiger charge is 2.08. The lowest BCUT2D eigenvalue weighted by atomic mass is 10.1. The van der Waals surface area contributed by atoms with Crippen LogP contribution in [0.3, 0.4) is 0 Å². The molecule has 1 nitrogen and oxygen atoms in total. The molecule has 0 spiro atoms. The average molecular weight is 345 g/mol. The predicted molar refractivity (Wildman–Crippen MR) is 82.9 cm³/mol. The van der Waals surface area contributed by atoms with E-state index in [-0.39, 0.29) is 0 Å². The zero-order chi connectivity index (χ0) is 12.8. The molecule has 0 bridgehead atoms. The Morgan fingerprint density at radius 3 is 3.00 bits per heavy atom. The number of aryl methyl sites for hydroxylation is 1. The van der Waals surface area contributed by atoms with Gasteiger partial charge in [0.05, 0.1) is 5.02 Å². The van der Waals surface area contributed by atoms with Crippen LogP contribution in [-0.2, 0) is 12.8 Å². The average Bonchev–Trinajstić information content (AvgIpc) is 2.85. The Labute approximate surface area is 125 Å². The van der Waals surface area contributed by atoms with E-state index < -0.39 is 0 Å². The smallest absolute Gasteiger partial charge is 0.0621 e. The summed E-state index contributed by atoms with van der Waals surface area (Å²) in [5.74, 6) is 0. The fourth-order valence-electron chi connectivity index (χ4n) is 1.86. The van der Waals surface area contributed by atoms with Crippen LogP contribution in [0.4, 0.5) is 0 Å². The molecule has 4 heteroatoms. The Bertz CT molecular complexity index is 472. The largest absolute Gasteiger partial charge is 0.263 e. The topological polar surface area (TPSA) is 12.9 Å². The van der Waals surface area contributed by atoms with Gasteiger partial charge in [0.25, 0.3) is 0 Å². The molecule has 0 N–H and O–H groups in total. The summed E-state index contributed by atoms with van der Waals surface area (Å²) in [6.45, 7) is 0. The summed E-state index contributed by atoms with van der Waals surface area (Å²) < 4.78 is 0. The van der Waals surface area contributed by atoms with Crippen molar-refractivity contribution < 1.29 is 0 Å². The normalized spacial score (nSPS) is 12.6. The van der Waals surface area contributed by atoms with Gasteiger partial charge in [0.15, 0.2) is 0 Å². The van der Waals surface area contributed by atoms with Gasteiger partial charge in [-0.05, 0) is 48.8 Å². The number of aromatic nitrogens is 1. The highest BCUT2D eigenvalue weighted by Crippen LogP contribution is 2.22. The molecule has 96 valence electrons. The van der Waals surface area contributed by atoms with Gasteiger partial charge in [0.1, 0.15) is 0 Å². The summed E-state index contributed by atoms with van der Waals surface area (Å²) in [4.78, 5) is 5.96. The molecule has 2 rings (SSSR count). The van der Waals surface area contributed by atoms with Crippen LogP contribution in [-0.4, -0.2) is 9.81 Å². The second kappa shape index (κ2) is 7.27. The van der Waals surface area contributed by atoms with Crippen molar-refractivity contribution in [2.24, 2.45) is 0 Å². The molecular formula is C14H15BrClNS. The van der Waals surface area contributed by atoms with Gasteiger partial charge in [-0.2, -0.15) is 0 Å². The maximum Gasteiger partial charge on any atom is 0.0621 e. The maximum atomic E-state index is 6.10. The van der Waals surface area contributed by atoms with Crippen LogP contribution in [0.15, 0.2) is 36.0 Å². The number of pyridine rings is 1. The molecule has 18 heavy (non-hydrogen) atoms. The first-order valence-electron chi connectivity index (χ1n) is 6.00. The van der Waals surface area contributed by atoms with Gasteiger partial charge in [-0.1, -0.05) is 33.6 Å². The molecule has 2 heterocycles. The molecule has 2 aromatic rings. The van der Waals surface area contributed by atoms with Crippen molar-refractivity contribution >= 4 is 38.9 Å². The zero-order valence-corrected chi connectivity index (χ0v) is 13.1. The van der Waals surface area contributed by atoms with E-state index >= 15 is 0 Å². The molecule has 0 aromatic carbocycles. The predicted octanol–water partition coefficient (Wildman–Crippen LogP) is 5.13. The SMILES string of the molecule is Clc1cnccc1CC(Br)CCCc1cccs1. The summed E-state index contributed by atoms with van der Waals surface area (Å²) in [6.07, 6.45) is 8.01. The lowest BCUT2D eigenvalue weighted by Gasteiger charge is -2.10. The van der Waals surface area contributed by atoms with Gasteiger partial charge in [-0.3, -0.25) is 4.98 Å². The third kappa shape index (κ3) is 4.38. The zero-order valence-electron chi connectivity index (χ0n) is 9.98. The Balaban J connectivity index is 1.75. The van der Waals surface area contributed by atoms with Crippen LogP contribution in [0.2, 0.25) is 5.02 Å². The van der Waals surface area contributed by atoms with E-state index in [0.29, 0.717) is 4.83 Å².